The number of carbonyl (C=O) groups is 1. The van der Waals surface area contributed by atoms with Crippen molar-refractivity contribution in [1.29, 1.82) is 0 Å². The molecule has 0 amide bonds. The molecular formula is C20H17FO3. The Morgan fingerprint density at radius 3 is 2.50 bits per heavy atom. The largest absolute Gasteiger partial charge is 0.479 e. The molecule has 0 aliphatic rings. The van der Waals surface area contributed by atoms with Crippen molar-refractivity contribution in [3.63, 3.8) is 0 Å². The smallest absolute Gasteiger partial charge is 0.333 e. The lowest BCUT2D eigenvalue weighted by Gasteiger charge is -2.14. The first kappa shape index (κ1) is 16.1. The van der Waals surface area contributed by atoms with Gasteiger partial charge in [-0.2, -0.15) is 0 Å². The van der Waals surface area contributed by atoms with Crippen LogP contribution in [-0.2, 0) is 22.6 Å². The van der Waals surface area contributed by atoms with Gasteiger partial charge in [-0.25, -0.2) is 9.18 Å². The molecule has 0 aromatic heterocycles. The fraction of sp³-hybridized carbons (Fsp3) is 0.150. The van der Waals surface area contributed by atoms with Crippen LogP contribution in [0.1, 0.15) is 11.1 Å². The summed E-state index contributed by atoms with van der Waals surface area (Å²) in [6, 6.07) is 19.7. The van der Waals surface area contributed by atoms with Gasteiger partial charge in [0, 0.05) is 6.42 Å². The molecule has 0 fully saturated rings. The van der Waals surface area contributed by atoms with Gasteiger partial charge in [0.1, 0.15) is 5.82 Å². The molecule has 0 bridgehead atoms. The van der Waals surface area contributed by atoms with Crippen molar-refractivity contribution in [1.82, 2.24) is 0 Å². The van der Waals surface area contributed by atoms with Crippen molar-refractivity contribution in [3.05, 3.63) is 83.7 Å². The molecule has 122 valence electrons. The summed E-state index contributed by atoms with van der Waals surface area (Å²) >= 11 is 0. The number of carboxylic acid groups (broad SMARTS) is 1. The molecule has 0 spiro atoms. The van der Waals surface area contributed by atoms with E-state index in [2.05, 4.69) is 0 Å². The van der Waals surface area contributed by atoms with E-state index in [-0.39, 0.29) is 18.8 Å². The van der Waals surface area contributed by atoms with E-state index in [1.807, 2.05) is 42.5 Å². The maximum atomic E-state index is 13.2. The van der Waals surface area contributed by atoms with Crippen LogP contribution in [-0.4, -0.2) is 17.2 Å². The van der Waals surface area contributed by atoms with E-state index < -0.39 is 12.1 Å². The number of hydrogen-bond acceptors (Lipinski definition) is 2. The van der Waals surface area contributed by atoms with E-state index in [0.717, 1.165) is 16.3 Å². The molecule has 3 nitrogen and oxygen atoms in total. The first-order valence-corrected chi connectivity index (χ1v) is 7.68. The van der Waals surface area contributed by atoms with E-state index in [4.69, 9.17) is 4.74 Å². The Bertz CT molecular complexity index is 860. The van der Waals surface area contributed by atoms with Crippen molar-refractivity contribution >= 4 is 16.7 Å². The van der Waals surface area contributed by atoms with Crippen molar-refractivity contribution in [2.24, 2.45) is 0 Å². The highest BCUT2D eigenvalue weighted by Gasteiger charge is 2.19. The van der Waals surface area contributed by atoms with Crippen LogP contribution < -0.4 is 0 Å². The summed E-state index contributed by atoms with van der Waals surface area (Å²) in [4.78, 5) is 11.4. The quantitative estimate of drug-likeness (QED) is 0.739. The van der Waals surface area contributed by atoms with Crippen LogP contribution >= 0.6 is 0 Å². The Kier molecular flexibility index (Phi) is 4.87. The van der Waals surface area contributed by atoms with Crippen LogP contribution in [0.2, 0.25) is 0 Å². The number of rotatable bonds is 6. The standard InChI is InChI=1S/C20H17FO3/c21-18-7-3-4-14(11-18)12-19(20(22)23)24-13-15-8-9-16-5-1-2-6-17(16)10-15/h1-11,19H,12-13H2,(H,22,23)/t19-/m1/s1. The number of halogens is 1. The highest BCUT2D eigenvalue weighted by molar-refractivity contribution is 5.83. The number of carboxylic acids is 1. The predicted molar refractivity (Wildman–Crippen MR) is 90.3 cm³/mol. The van der Waals surface area contributed by atoms with Crippen molar-refractivity contribution < 1.29 is 19.0 Å². The van der Waals surface area contributed by atoms with Gasteiger partial charge in [0.05, 0.1) is 6.61 Å². The maximum Gasteiger partial charge on any atom is 0.333 e. The van der Waals surface area contributed by atoms with Gasteiger partial charge in [0.2, 0.25) is 0 Å². The summed E-state index contributed by atoms with van der Waals surface area (Å²) < 4.78 is 18.8. The van der Waals surface area contributed by atoms with Crippen LogP contribution in [0.25, 0.3) is 10.8 Å². The lowest BCUT2D eigenvalue weighted by molar-refractivity contribution is -0.151. The molecule has 1 atom stereocenters. The van der Waals surface area contributed by atoms with Gasteiger partial charge in [-0.15, -0.1) is 0 Å². The molecule has 3 aromatic carbocycles. The Balaban J connectivity index is 1.70. The minimum atomic E-state index is -1.06. The molecule has 0 unspecified atom stereocenters. The molecule has 0 saturated carbocycles. The molecule has 0 radical (unpaired) electrons. The van der Waals surface area contributed by atoms with Crippen molar-refractivity contribution in [2.75, 3.05) is 0 Å². The molecule has 0 saturated heterocycles. The Morgan fingerprint density at radius 1 is 0.958 bits per heavy atom. The topological polar surface area (TPSA) is 46.5 Å². The van der Waals surface area contributed by atoms with Gasteiger partial charge < -0.3 is 9.84 Å². The highest BCUT2D eigenvalue weighted by atomic mass is 19.1. The molecule has 1 N–H and O–H groups in total. The minimum absolute atomic E-state index is 0.126. The molecule has 0 aliphatic carbocycles. The molecule has 3 rings (SSSR count). The van der Waals surface area contributed by atoms with E-state index in [1.54, 1.807) is 12.1 Å². The van der Waals surface area contributed by atoms with Gasteiger partial charge in [-0.3, -0.25) is 0 Å². The van der Waals surface area contributed by atoms with Gasteiger partial charge >= 0.3 is 5.97 Å². The summed E-state index contributed by atoms with van der Waals surface area (Å²) in [7, 11) is 0. The lowest BCUT2D eigenvalue weighted by atomic mass is 10.1. The summed E-state index contributed by atoms with van der Waals surface area (Å²) in [6.07, 6.45) is -0.890. The zero-order chi connectivity index (χ0) is 16.9. The number of fused-ring (bicyclic) bond motifs is 1. The third-order valence-corrected chi connectivity index (χ3v) is 3.85. The Hall–Kier alpha value is -2.72. The van der Waals surface area contributed by atoms with Crippen LogP contribution in [0, 0.1) is 5.82 Å². The Morgan fingerprint density at radius 2 is 1.75 bits per heavy atom. The first-order valence-electron chi connectivity index (χ1n) is 7.68. The molecule has 3 aromatic rings. The molecule has 4 heteroatoms. The molecule has 0 aliphatic heterocycles. The second-order valence-electron chi connectivity index (χ2n) is 5.65. The SMILES string of the molecule is O=C(O)[C@@H](Cc1cccc(F)c1)OCc1ccc2ccccc2c1. The minimum Gasteiger partial charge on any atom is -0.479 e. The third-order valence-electron chi connectivity index (χ3n) is 3.85. The van der Waals surface area contributed by atoms with E-state index in [0.29, 0.717) is 5.56 Å². The van der Waals surface area contributed by atoms with Gasteiger partial charge in [0.15, 0.2) is 6.10 Å². The lowest BCUT2D eigenvalue weighted by Crippen LogP contribution is -2.26. The van der Waals surface area contributed by atoms with E-state index >= 15 is 0 Å². The maximum absolute atomic E-state index is 13.2. The second-order valence-corrected chi connectivity index (χ2v) is 5.65. The highest BCUT2D eigenvalue weighted by Crippen LogP contribution is 2.17. The molecule has 0 heterocycles. The monoisotopic (exact) mass is 324 g/mol. The second kappa shape index (κ2) is 7.23. The normalized spacial score (nSPS) is 12.2. The van der Waals surface area contributed by atoms with Crippen LogP contribution in [0.4, 0.5) is 4.39 Å². The summed E-state index contributed by atoms with van der Waals surface area (Å²) in [5.74, 6) is -1.44. The fourth-order valence-electron chi connectivity index (χ4n) is 2.62. The molecular weight excluding hydrogens is 307 g/mol. The van der Waals surface area contributed by atoms with Crippen molar-refractivity contribution in [2.45, 2.75) is 19.1 Å². The van der Waals surface area contributed by atoms with Crippen molar-refractivity contribution in [3.8, 4) is 0 Å². The van der Waals surface area contributed by atoms with Crippen LogP contribution in [0.3, 0.4) is 0 Å². The zero-order valence-corrected chi connectivity index (χ0v) is 13.0. The average Bonchev–Trinajstić information content (AvgIpc) is 2.58. The third kappa shape index (κ3) is 3.97. The average molecular weight is 324 g/mol. The van der Waals surface area contributed by atoms with Gasteiger partial charge in [-0.1, -0.05) is 48.5 Å². The summed E-state index contributed by atoms with van der Waals surface area (Å²) in [6.45, 7) is 0.192. The fourth-order valence-corrected chi connectivity index (χ4v) is 2.62. The van der Waals surface area contributed by atoms with E-state index in [9.17, 15) is 14.3 Å². The number of benzene rings is 3. The van der Waals surface area contributed by atoms with Crippen LogP contribution in [0.15, 0.2) is 66.7 Å². The van der Waals surface area contributed by atoms with Crippen LogP contribution in [0.5, 0.6) is 0 Å². The summed E-state index contributed by atoms with van der Waals surface area (Å²) in [5, 5.41) is 11.5. The Labute approximate surface area is 139 Å². The van der Waals surface area contributed by atoms with Gasteiger partial charge in [-0.05, 0) is 40.1 Å². The zero-order valence-electron chi connectivity index (χ0n) is 13.0. The van der Waals surface area contributed by atoms with E-state index in [1.165, 1.54) is 12.1 Å². The first-order chi connectivity index (χ1) is 11.6. The summed E-state index contributed by atoms with van der Waals surface area (Å²) in [5.41, 5.74) is 1.50. The molecule has 24 heavy (non-hydrogen) atoms. The number of ether oxygens (including phenoxy) is 1. The predicted octanol–water partition coefficient (Wildman–Crippen LogP) is 4.19. The number of hydrogen-bond donors (Lipinski definition) is 1. The van der Waals surface area contributed by atoms with Gasteiger partial charge in [0.25, 0.3) is 0 Å². The number of aliphatic carboxylic acids is 1.